The number of hydrogen-bond donors (Lipinski definition) is 0. The molecule has 0 heterocycles. The molecule has 2 rings (SSSR count). The molecule has 1 nitrogen and oxygen atoms in total. The Hall–Kier alpha value is -0.0400. The van der Waals surface area contributed by atoms with E-state index in [4.69, 9.17) is 5.26 Å². The van der Waals surface area contributed by atoms with Crippen molar-refractivity contribution in [1.29, 1.82) is 5.26 Å². The molecule has 2 saturated carbocycles. The van der Waals surface area contributed by atoms with E-state index in [1.807, 2.05) is 0 Å². The molecule has 0 aromatic carbocycles. The van der Waals surface area contributed by atoms with Gasteiger partial charge in [0.05, 0.1) is 6.07 Å². The van der Waals surface area contributed by atoms with Crippen molar-refractivity contribution in [1.82, 2.24) is 0 Å². The van der Waals surface area contributed by atoms with Gasteiger partial charge in [0.25, 0.3) is 0 Å². The minimum absolute atomic E-state index is 0.478. The van der Waals surface area contributed by atoms with Crippen molar-refractivity contribution in [2.45, 2.75) is 52.4 Å². The first-order chi connectivity index (χ1) is 8.13. The first kappa shape index (κ1) is 13.4. The predicted octanol–water partition coefficient (Wildman–Crippen LogP) is 5.07. The fraction of sp³-hybridized carbons (Fsp3) is 0.800. The number of nitrogens with zero attached hydrogens (tertiary/aromatic N) is 1. The Bertz CT molecular complexity index is 354. The van der Waals surface area contributed by atoms with Crippen LogP contribution in [0.5, 0.6) is 0 Å². The van der Waals surface area contributed by atoms with Gasteiger partial charge in [-0.3, -0.25) is 0 Å². The van der Waals surface area contributed by atoms with Crippen molar-refractivity contribution in [2.24, 2.45) is 23.2 Å². The summed E-state index contributed by atoms with van der Waals surface area (Å²) in [5.74, 6) is 2.14. The second-order valence-electron chi connectivity index (χ2n) is 6.12. The predicted molar refractivity (Wildman–Crippen MR) is 79.7 cm³/mol. The van der Waals surface area contributed by atoms with E-state index in [-0.39, 0.29) is 0 Å². The largest absolute Gasteiger partial charge is 0.198 e. The minimum atomic E-state index is 0.478. The van der Waals surface area contributed by atoms with Gasteiger partial charge in [0.2, 0.25) is 0 Å². The van der Waals surface area contributed by atoms with E-state index in [0.29, 0.717) is 11.3 Å². The fourth-order valence-electron chi connectivity index (χ4n) is 4.43. The molecule has 0 aliphatic heterocycles. The van der Waals surface area contributed by atoms with Gasteiger partial charge >= 0.3 is 0 Å². The Morgan fingerprint density at radius 2 is 2.35 bits per heavy atom. The molecular formula is C15H22IN. The van der Waals surface area contributed by atoms with Crippen molar-refractivity contribution < 1.29 is 0 Å². The summed E-state index contributed by atoms with van der Waals surface area (Å²) in [7, 11) is 0. The van der Waals surface area contributed by atoms with Gasteiger partial charge in [-0.1, -0.05) is 42.0 Å². The van der Waals surface area contributed by atoms with Crippen molar-refractivity contribution in [2.75, 3.05) is 0 Å². The molecule has 17 heavy (non-hydrogen) atoms. The van der Waals surface area contributed by atoms with Crippen molar-refractivity contribution in [3.8, 4) is 6.07 Å². The first-order valence-electron chi connectivity index (χ1n) is 6.79. The van der Waals surface area contributed by atoms with Crippen LogP contribution in [0.25, 0.3) is 0 Å². The van der Waals surface area contributed by atoms with E-state index in [1.165, 1.54) is 32.1 Å². The van der Waals surface area contributed by atoms with Gasteiger partial charge in [-0.05, 0) is 59.4 Å². The Kier molecular flexibility index (Phi) is 4.18. The maximum atomic E-state index is 8.91. The molecule has 0 spiro atoms. The third-order valence-corrected chi connectivity index (χ3v) is 6.08. The van der Waals surface area contributed by atoms with Crippen LogP contribution in [0.3, 0.4) is 0 Å². The third-order valence-electron chi connectivity index (χ3n) is 5.28. The third kappa shape index (κ3) is 2.28. The van der Waals surface area contributed by atoms with Gasteiger partial charge in [0.15, 0.2) is 0 Å². The Morgan fingerprint density at radius 3 is 3.00 bits per heavy atom. The molecule has 0 radical (unpaired) electrons. The smallest absolute Gasteiger partial charge is 0.0624 e. The first-order valence-corrected chi connectivity index (χ1v) is 8.04. The fourth-order valence-corrected chi connectivity index (χ4v) is 5.18. The van der Waals surface area contributed by atoms with E-state index in [9.17, 15) is 0 Å². The zero-order chi connectivity index (χ0) is 12.5. The Labute approximate surface area is 119 Å². The summed E-state index contributed by atoms with van der Waals surface area (Å²) in [6, 6.07) is 2.37. The number of fused-ring (bicyclic) bond motifs is 1. The molecular weight excluding hydrogens is 321 g/mol. The molecule has 4 atom stereocenters. The number of halogens is 1. The highest BCUT2D eigenvalue weighted by molar-refractivity contribution is 14.1. The summed E-state index contributed by atoms with van der Waals surface area (Å²) in [6.07, 6.45) is 7.44. The SMILES string of the molecule is C[C@H](CC#N)[C@H]1CCC2C(=CI)CCC[C@]21C. The van der Waals surface area contributed by atoms with Crippen molar-refractivity contribution in [3.05, 3.63) is 9.66 Å². The molecule has 0 saturated heterocycles. The highest BCUT2D eigenvalue weighted by atomic mass is 127. The van der Waals surface area contributed by atoms with Gasteiger partial charge in [-0.15, -0.1) is 0 Å². The quantitative estimate of drug-likeness (QED) is 0.642. The van der Waals surface area contributed by atoms with Gasteiger partial charge in [-0.25, -0.2) is 0 Å². The second kappa shape index (κ2) is 5.30. The van der Waals surface area contributed by atoms with Crippen LogP contribution < -0.4 is 0 Å². The standard InChI is InChI=1S/C15H22IN/c1-11(7-9-17)13-5-6-14-12(10-16)4-3-8-15(13,14)2/h10-11,13-14H,3-8H2,1-2H3/t11-,13-,14?,15+/m1/s1. The van der Waals surface area contributed by atoms with Crippen LogP contribution in [0.4, 0.5) is 0 Å². The summed E-state index contributed by atoms with van der Waals surface area (Å²) >= 11 is 2.42. The average molecular weight is 343 g/mol. The average Bonchev–Trinajstić information content (AvgIpc) is 2.66. The molecule has 0 aromatic heterocycles. The summed E-state index contributed by atoms with van der Waals surface area (Å²) in [4.78, 5) is 0. The van der Waals surface area contributed by atoms with E-state index < -0.39 is 0 Å². The molecule has 2 aliphatic carbocycles. The molecule has 0 bridgehead atoms. The molecule has 2 heteroatoms. The van der Waals surface area contributed by atoms with E-state index >= 15 is 0 Å². The lowest BCUT2D eigenvalue weighted by molar-refractivity contribution is 0.0993. The van der Waals surface area contributed by atoms with Crippen LogP contribution in [-0.4, -0.2) is 0 Å². The van der Waals surface area contributed by atoms with Crippen LogP contribution in [0, 0.1) is 34.5 Å². The number of hydrogen-bond acceptors (Lipinski definition) is 1. The zero-order valence-electron chi connectivity index (χ0n) is 10.9. The molecule has 94 valence electrons. The van der Waals surface area contributed by atoms with E-state index in [2.05, 4.69) is 46.6 Å². The summed E-state index contributed by atoms with van der Waals surface area (Å²) in [5, 5.41) is 8.91. The molecule has 2 aliphatic rings. The lowest BCUT2D eigenvalue weighted by atomic mass is 9.61. The lowest BCUT2D eigenvalue weighted by Crippen LogP contribution is -2.35. The number of allylic oxidation sites excluding steroid dienone is 1. The van der Waals surface area contributed by atoms with Crippen LogP contribution in [0.1, 0.15) is 52.4 Å². The van der Waals surface area contributed by atoms with Gasteiger partial charge in [0, 0.05) is 6.42 Å². The van der Waals surface area contributed by atoms with E-state index in [1.54, 1.807) is 5.57 Å². The number of rotatable bonds is 2. The molecule has 2 fully saturated rings. The van der Waals surface area contributed by atoms with Gasteiger partial charge in [-0.2, -0.15) is 5.26 Å². The molecule has 1 unspecified atom stereocenters. The summed E-state index contributed by atoms with van der Waals surface area (Å²) in [5.41, 5.74) is 2.16. The molecule has 0 amide bonds. The molecule has 0 aromatic rings. The van der Waals surface area contributed by atoms with Crippen LogP contribution in [0.2, 0.25) is 0 Å². The van der Waals surface area contributed by atoms with E-state index in [0.717, 1.165) is 18.3 Å². The summed E-state index contributed by atoms with van der Waals surface area (Å²) in [6.45, 7) is 4.77. The maximum absolute atomic E-state index is 8.91. The zero-order valence-corrected chi connectivity index (χ0v) is 13.0. The van der Waals surface area contributed by atoms with Crippen LogP contribution >= 0.6 is 22.6 Å². The summed E-state index contributed by atoms with van der Waals surface area (Å²) < 4.78 is 2.33. The van der Waals surface area contributed by atoms with Gasteiger partial charge in [0.1, 0.15) is 0 Å². The highest BCUT2D eigenvalue weighted by Gasteiger charge is 2.50. The minimum Gasteiger partial charge on any atom is -0.198 e. The Morgan fingerprint density at radius 1 is 1.59 bits per heavy atom. The molecule has 0 N–H and O–H groups in total. The van der Waals surface area contributed by atoms with Crippen molar-refractivity contribution in [3.63, 3.8) is 0 Å². The number of nitriles is 1. The maximum Gasteiger partial charge on any atom is 0.0624 e. The second-order valence-corrected chi connectivity index (χ2v) is 6.74. The topological polar surface area (TPSA) is 23.8 Å². The monoisotopic (exact) mass is 343 g/mol. The van der Waals surface area contributed by atoms with Gasteiger partial charge < -0.3 is 0 Å². The lowest BCUT2D eigenvalue weighted by Gasteiger charge is -2.44. The van der Waals surface area contributed by atoms with Crippen LogP contribution in [0.15, 0.2) is 9.66 Å². The Balaban J connectivity index is 2.21. The highest BCUT2D eigenvalue weighted by Crippen LogP contribution is 2.59. The van der Waals surface area contributed by atoms with Crippen molar-refractivity contribution >= 4 is 22.6 Å². The normalized spacial score (nSPS) is 40.9. The van der Waals surface area contributed by atoms with Crippen LogP contribution in [-0.2, 0) is 0 Å².